The Morgan fingerprint density at radius 1 is 1.39 bits per heavy atom. The summed E-state index contributed by atoms with van der Waals surface area (Å²) in [6.07, 6.45) is 2.70. The highest BCUT2D eigenvalue weighted by atomic mass is 32.2. The third-order valence-electron chi connectivity index (χ3n) is 5.64. The molecule has 2 aromatic carbocycles. The van der Waals surface area contributed by atoms with Crippen LogP contribution in [0.3, 0.4) is 0 Å². The summed E-state index contributed by atoms with van der Waals surface area (Å²) in [7, 11) is -1.35. The normalized spacial score (nSPS) is 16.8. The highest BCUT2D eigenvalue weighted by Crippen LogP contribution is 2.39. The average Bonchev–Trinajstić information content (AvgIpc) is 3.21. The van der Waals surface area contributed by atoms with E-state index in [1.54, 1.807) is 24.3 Å². The monoisotopic (exact) mass is 437 g/mol. The van der Waals surface area contributed by atoms with Crippen LogP contribution in [0.15, 0.2) is 54.2 Å². The number of aromatic amines is 1. The van der Waals surface area contributed by atoms with E-state index in [9.17, 15) is 9.00 Å². The summed E-state index contributed by atoms with van der Waals surface area (Å²) in [4.78, 5) is 21.6. The molecule has 162 valence electrons. The molecule has 0 saturated heterocycles. The standard InChI is InChI=1S/C24H27N3O3S/c1-4-13-30-22-11-12-27(5-2)23-18(7-6-8-19(22)23)15-31(29)24-25-20-10-9-17(16(3)28)14-21(20)26-24/h4,6-10,14,22H,1,5,11-13,15H2,2-3H3,(H,25,26). The van der Waals surface area contributed by atoms with Gasteiger partial charge in [-0.25, -0.2) is 4.98 Å². The number of fused-ring (bicyclic) bond motifs is 2. The summed E-state index contributed by atoms with van der Waals surface area (Å²) in [5.41, 5.74) is 5.31. The van der Waals surface area contributed by atoms with Crippen molar-refractivity contribution in [3.8, 4) is 0 Å². The van der Waals surface area contributed by atoms with Crippen LogP contribution in [-0.4, -0.2) is 39.7 Å². The second-order valence-corrected chi connectivity index (χ2v) is 9.02. The van der Waals surface area contributed by atoms with E-state index in [1.807, 2.05) is 12.1 Å². The number of ether oxygens (including phenoxy) is 1. The molecule has 0 amide bonds. The van der Waals surface area contributed by atoms with Crippen molar-refractivity contribution in [3.05, 3.63) is 65.7 Å². The van der Waals surface area contributed by atoms with Crippen LogP contribution in [0, 0.1) is 0 Å². The van der Waals surface area contributed by atoms with Crippen LogP contribution in [0.4, 0.5) is 5.69 Å². The third-order valence-corrected chi connectivity index (χ3v) is 6.84. The van der Waals surface area contributed by atoms with E-state index in [4.69, 9.17) is 4.74 Å². The number of hydrogen-bond donors (Lipinski definition) is 1. The molecule has 1 aliphatic heterocycles. The first-order valence-corrected chi connectivity index (χ1v) is 11.8. The number of nitrogens with zero attached hydrogens (tertiary/aromatic N) is 2. The molecular weight excluding hydrogens is 410 g/mol. The minimum atomic E-state index is -1.35. The molecule has 2 unspecified atom stereocenters. The van der Waals surface area contributed by atoms with Crippen molar-refractivity contribution < 1.29 is 13.7 Å². The molecule has 1 N–H and O–H groups in total. The largest absolute Gasteiger partial charge is 0.371 e. The molecular formula is C24H27N3O3S. The van der Waals surface area contributed by atoms with Crippen LogP contribution < -0.4 is 4.90 Å². The van der Waals surface area contributed by atoms with Crippen molar-refractivity contribution in [2.75, 3.05) is 24.6 Å². The summed E-state index contributed by atoms with van der Waals surface area (Å²) in [6, 6.07) is 11.4. The SMILES string of the molecule is C=CCOC1CCN(CC)c2c(CS(=O)c3nc4ccc(C(C)=O)cc4[nH]3)cccc21. The van der Waals surface area contributed by atoms with Gasteiger partial charge in [0.1, 0.15) is 0 Å². The smallest absolute Gasteiger partial charge is 0.197 e. The Hall–Kier alpha value is -2.77. The highest BCUT2D eigenvalue weighted by Gasteiger charge is 2.27. The Morgan fingerprint density at radius 3 is 2.97 bits per heavy atom. The molecule has 4 rings (SSSR count). The number of nitrogens with one attached hydrogen (secondary N) is 1. The number of hydrogen-bond acceptors (Lipinski definition) is 5. The fourth-order valence-corrected chi connectivity index (χ4v) is 5.19. The second kappa shape index (κ2) is 9.16. The number of carbonyl (C=O) groups is 1. The van der Waals surface area contributed by atoms with Gasteiger partial charge in [0.15, 0.2) is 10.9 Å². The minimum absolute atomic E-state index is 0.0111. The van der Waals surface area contributed by atoms with Crippen molar-refractivity contribution >= 4 is 33.3 Å². The fraction of sp³-hybridized carbons (Fsp3) is 0.333. The molecule has 1 aliphatic rings. The van der Waals surface area contributed by atoms with Crippen LogP contribution in [0.5, 0.6) is 0 Å². The molecule has 0 bridgehead atoms. The van der Waals surface area contributed by atoms with Gasteiger partial charge in [-0.05, 0) is 44.0 Å². The molecule has 7 heteroatoms. The van der Waals surface area contributed by atoms with E-state index in [1.165, 1.54) is 6.92 Å². The van der Waals surface area contributed by atoms with Crippen LogP contribution in [0.25, 0.3) is 11.0 Å². The molecule has 2 heterocycles. The van der Waals surface area contributed by atoms with Gasteiger partial charge in [0.25, 0.3) is 0 Å². The predicted octanol–water partition coefficient (Wildman–Crippen LogP) is 4.55. The molecule has 1 aromatic heterocycles. The molecule has 0 spiro atoms. The van der Waals surface area contributed by atoms with E-state index in [0.29, 0.717) is 28.6 Å². The molecule has 0 radical (unpaired) electrons. The Balaban J connectivity index is 1.65. The van der Waals surface area contributed by atoms with Crippen molar-refractivity contribution in [2.45, 2.75) is 37.3 Å². The Bertz CT molecular complexity index is 1150. The lowest BCUT2D eigenvalue weighted by Gasteiger charge is -2.36. The fourth-order valence-electron chi connectivity index (χ4n) is 4.11. The van der Waals surface area contributed by atoms with Crippen molar-refractivity contribution in [1.29, 1.82) is 0 Å². The lowest BCUT2D eigenvalue weighted by Crippen LogP contribution is -2.33. The molecule has 0 fully saturated rings. The highest BCUT2D eigenvalue weighted by molar-refractivity contribution is 7.84. The summed E-state index contributed by atoms with van der Waals surface area (Å²) in [5.74, 6) is 0.343. The van der Waals surface area contributed by atoms with E-state index >= 15 is 0 Å². The lowest BCUT2D eigenvalue weighted by atomic mass is 9.95. The predicted molar refractivity (Wildman–Crippen MR) is 124 cm³/mol. The number of imidazole rings is 1. The van der Waals surface area contributed by atoms with E-state index in [0.717, 1.165) is 41.8 Å². The van der Waals surface area contributed by atoms with Crippen molar-refractivity contribution in [2.24, 2.45) is 0 Å². The molecule has 2 atom stereocenters. The zero-order chi connectivity index (χ0) is 22.0. The zero-order valence-electron chi connectivity index (χ0n) is 17.9. The first kappa shape index (κ1) is 21.5. The van der Waals surface area contributed by atoms with E-state index < -0.39 is 10.8 Å². The summed E-state index contributed by atoms with van der Waals surface area (Å²) in [6.45, 7) is 9.69. The van der Waals surface area contributed by atoms with Gasteiger partial charge >= 0.3 is 0 Å². The number of aromatic nitrogens is 2. The molecule has 31 heavy (non-hydrogen) atoms. The van der Waals surface area contributed by atoms with Crippen LogP contribution >= 0.6 is 0 Å². The third kappa shape index (κ3) is 4.34. The van der Waals surface area contributed by atoms with Gasteiger partial charge in [0, 0.05) is 29.9 Å². The van der Waals surface area contributed by atoms with Crippen molar-refractivity contribution in [3.63, 3.8) is 0 Å². The topological polar surface area (TPSA) is 75.3 Å². The Labute approximate surface area is 184 Å². The van der Waals surface area contributed by atoms with Gasteiger partial charge in [-0.3, -0.25) is 9.00 Å². The number of Topliss-reactive ketones (excluding diaryl/α,β-unsaturated/α-hetero) is 1. The van der Waals surface area contributed by atoms with Gasteiger partial charge in [-0.1, -0.05) is 24.3 Å². The van der Waals surface area contributed by atoms with E-state index in [-0.39, 0.29) is 11.9 Å². The van der Waals surface area contributed by atoms with Gasteiger partial charge in [-0.2, -0.15) is 0 Å². The van der Waals surface area contributed by atoms with Crippen LogP contribution in [-0.2, 0) is 21.3 Å². The van der Waals surface area contributed by atoms with Gasteiger partial charge in [-0.15, -0.1) is 6.58 Å². The van der Waals surface area contributed by atoms with Gasteiger partial charge < -0.3 is 14.6 Å². The number of H-pyrrole nitrogens is 1. The molecule has 0 saturated carbocycles. The average molecular weight is 438 g/mol. The first-order valence-electron chi connectivity index (χ1n) is 10.5. The van der Waals surface area contributed by atoms with Crippen LogP contribution in [0.1, 0.15) is 47.9 Å². The number of ketones is 1. The lowest BCUT2D eigenvalue weighted by molar-refractivity contribution is 0.0659. The Kier molecular flexibility index (Phi) is 6.34. The van der Waals surface area contributed by atoms with Gasteiger partial charge in [0.2, 0.25) is 0 Å². The molecule has 6 nitrogen and oxygen atoms in total. The number of carbonyl (C=O) groups excluding carboxylic acids is 1. The van der Waals surface area contributed by atoms with Crippen molar-refractivity contribution in [1.82, 2.24) is 9.97 Å². The maximum Gasteiger partial charge on any atom is 0.197 e. The number of anilines is 1. The second-order valence-electron chi connectivity index (χ2n) is 7.65. The maximum absolute atomic E-state index is 13.2. The zero-order valence-corrected chi connectivity index (χ0v) is 18.7. The number of rotatable bonds is 8. The van der Waals surface area contributed by atoms with Gasteiger partial charge in [0.05, 0.1) is 40.3 Å². The number of para-hydroxylation sites is 1. The first-order chi connectivity index (χ1) is 15.0. The molecule has 3 aromatic rings. The van der Waals surface area contributed by atoms with Crippen LogP contribution in [0.2, 0.25) is 0 Å². The summed E-state index contributed by atoms with van der Waals surface area (Å²) in [5, 5.41) is 0.423. The summed E-state index contributed by atoms with van der Waals surface area (Å²) < 4.78 is 19.2. The Morgan fingerprint density at radius 2 is 2.23 bits per heavy atom. The molecule has 0 aliphatic carbocycles. The van der Waals surface area contributed by atoms with E-state index in [2.05, 4.69) is 34.4 Å². The maximum atomic E-state index is 13.2. The quantitative estimate of drug-likeness (QED) is 0.413. The minimum Gasteiger partial charge on any atom is -0.371 e. The summed E-state index contributed by atoms with van der Waals surface area (Å²) >= 11 is 0. The number of benzene rings is 2.